The van der Waals surface area contributed by atoms with Gasteiger partial charge in [0.2, 0.25) is 0 Å². The van der Waals surface area contributed by atoms with Crippen LogP contribution in [0, 0.1) is 0 Å². The molecule has 18 heteroatoms. The minimum atomic E-state index is -6.43. The van der Waals surface area contributed by atoms with Crippen LogP contribution in [0.4, 0.5) is 39.5 Å². The van der Waals surface area contributed by atoms with Crippen molar-refractivity contribution in [3.05, 3.63) is 40.8 Å². The lowest BCUT2D eigenvalue weighted by Gasteiger charge is -2.33. The van der Waals surface area contributed by atoms with Gasteiger partial charge in [-0.25, -0.2) is 4.98 Å². The van der Waals surface area contributed by atoms with Crippen molar-refractivity contribution in [2.45, 2.75) is 69.4 Å². The van der Waals surface area contributed by atoms with Crippen LogP contribution in [0.25, 0.3) is 21.3 Å². The van der Waals surface area contributed by atoms with E-state index in [0.717, 1.165) is 0 Å². The van der Waals surface area contributed by atoms with Gasteiger partial charge in [0.25, 0.3) is 11.5 Å². The fourth-order valence-electron chi connectivity index (χ4n) is 4.85. The van der Waals surface area contributed by atoms with Crippen molar-refractivity contribution in [2.24, 2.45) is 7.05 Å². The Morgan fingerprint density at radius 3 is 2.07 bits per heavy atom. The predicted octanol–water partition coefficient (Wildman–Crippen LogP) is 5.79. The quantitative estimate of drug-likeness (QED) is 0.341. The van der Waals surface area contributed by atoms with E-state index in [1.165, 1.54) is 30.4 Å². The van der Waals surface area contributed by atoms with E-state index in [1.807, 2.05) is 0 Å². The highest BCUT2D eigenvalue weighted by Gasteiger charge is 2.71. The molecule has 1 aromatic carbocycles. The topological polar surface area (TPSA) is 104 Å². The Bertz CT molecular complexity index is 1520. The summed E-state index contributed by atoms with van der Waals surface area (Å²) >= 11 is 0.476. The third kappa shape index (κ3) is 5.59. The summed E-state index contributed by atoms with van der Waals surface area (Å²) in [6, 6.07) is -0.356. The van der Waals surface area contributed by atoms with Gasteiger partial charge in [-0.3, -0.25) is 4.79 Å². The first-order valence-electron chi connectivity index (χ1n) is 12.5. The normalized spacial score (nSPS) is 17.2. The van der Waals surface area contributed by atoms with Gasteiger partial charge in [-0.1, -0.05) is 12.1 Å². The molecule has 1 atom stereocenters. The number of aromatic nitrogens is 4. The maximum absolute atomic E-state index is 14.3. The first kappa shape index (κ1) is 32.7. The molecule has 0 aliphatic carbocycles. The lowest BCUT2D eigenvalue weighted by Crippen LogP contribution is -2.54. The van der Waals surface area contributed by atoms with Gasteiger partial charge in [0, 0.05) is 30.8 Å². The summed E-state index contributed by atoms with van der Waals surface area (Å²) in [4.78, 5) is 18.6. The van der Waals surface area contributed by atoms with E-state index < -0.39 is 69.0 Å². The molecule has 0 radical (unpaired) electrons. The second-order valence-electron chi connectivity index (χ2n) is 10.6. The molecule has 236 valence electrons. The molecule has 3 heterocycles. The number of rotatable bonds is 5. The van der Waals surface area contributed by atoms with Crippen molar-refractivity contribution >= 4 is 17.2 Å². The van der Waals surface area contributed by atoms with Gasteiger partial charge < -0.3 is 19.7 Å². The predicted molar refractivity (Wildman–Crippen MR) is 134 cm³/mol. The number of hydrogen-bond donors (Lipinski definition) is 2. The molecule has 8 nitrogen and oxygen atoms in total. The van der Waals surface area contributed by atoms with Crippen molar-refractivity contribution in [3.8, 4) is 21.3 Å². The van der Waals surface area contributed by atoms with Crippen LogP contribution >= 0.6 is 11.3 Å². The summed E-state index contributed by atoms with van der Waals surface area (Å²) in [6.45, 7) is 4.70. The minimum Gasteiger partial charge on any atom is -0.382 e. The molecule has 4 rings (SSSR count). The van der Waals surface area contributed by atoms with Crippen LogP contribution in [0.2, 0.25) is 0 Å². The van der Waals surface area contributed by atoms with Crippen LogP contribution in [0.1, 0.15) is 61.1 Å². The van der Waals surface area contributed by atoms with Crippen molar-refractivity contribution < 1.29 is 54.5 Å². The average Bonchev–Trinajstić information content (AvgIpc) is 3.58. The van der Waals surface area contributed by atoms with E-state index in [0.29, 0.717) is 30.2 Å². The summed E-state index contributed by atoms with van der Waals surface area (Å²) in [5.41, 5.74) is -12.7. The smallest absolute Gasteiger partial charge is 0.382 e. The van der Waals surface area contributed by atoms with Crippen molar-refractivity contribution in [2.75, 3.05) is 6.54 Å². The summed E-state index contributed by atoms with van der Waals surface area (Å²) in [7, 11) is 1.42. The molecule has 43 heavy (non-hydrogen) atoms. The molecule has 1 amide bonds. The molecule has 1 fully saturated rings. The van der Waals surface area contributed by atoms with Crippen molar-refractivity contribution in [1.82, 2.24) is 24.6 Å². The number of carbonyl (C=O) groups is 1. The average molecular weight is 646 g/mol. The van der Waals surface area contributed by atoms with Crippen LogP contribution in [0.15, 0.2) is 18.2 Å². The number of amides is 1. The lowest BCUT2D eigenvalue weighted by atomic mass is 9.88. The number of alkyl halides is 9. The SMILES string of the molecule is CC1CCCN1C(=O)c1nc(-c2nnc(C(C)(C)O)n2C)sc1-c1ccc(C(O)(C(F)(F)F)C(F)(F)F)cc1C(F)(F)F. The number of halogens is 9. The minimum absolute atomic E-state index is 0.0270. The lowest BCUT2D eigenvalue weighted by molar-refractivity contribution is -0.376. The Balaban J connectivity index is 2.00. The summed E-state index contributed by atoms with van der Waals surface area (Å²) < 4.78 is 125. The number of thiazole rings is 1. The molecule has 3 aromatic rings. The molecule has 0 saturated carbocycles. The van der Waals surface area contributed by atoms with E-state index in [9.17, 15) is 54.5 Å². The zero-order valence-electron chi connectivity index (χ0n) is 22.8. The molecular formula is C25H24F9N5O3S. The number of aliphatic hydroxyl groups is 2. The van der Waals surface area contributed by atoms with E-state index >= 15 is 0 Å². The molecular weight excluding hydrogens is 621 g/mol. The van der Waals surface area contributed by atoms with Crippen LogP contribution < -0.4 is 0 Å². The zero-order valence-corrected chi connectivity index (χ0v) is 23.6. The van der Waals surface area contributed by atoms with Gasteiger partial charge in [-0.15, -0.1) is 21.5 Å². The zero-order chi connectivity index (χ0) is 32.5. The van der Waals surface area contributed by atoms with Gasteiger partial charge in [0.05, 0.1) is 10.4 Å². The van der Waals surface area contributed by atoms with E-state index in [4.69, 9.17) is 0 Å². The maximum Gasteiger partial charge on any atom is 0.430 e. The second kappa shape index (κ2) is 10.4. The van der Waals surface area contributed by atoms with E-state index in [1.54, 1.807) is 6.92 Å². The Hall–Kier alpha value is -3.25. The number of nitrogens with zero attached hydrogens (tertiary/aromatic N) is 5. The Morgan fingerprint density at radius 2 is 1.60 bits per heavy atom. The third-order valence-electron chi connectivity index (χ3n) is 7.06. The van der Waals surface area contributed by atoms with Crippen LogP contribution in [-0.2, 0) is 24.4 Å². The van der Waals surface area contributed by atoms with Gasteiger partial charge in [0.1, 0.15) is 11.3 Å². The monoisotopic (exact) mass is 645 g/mol. The largest absolute Gasteiger partial charge is 0.430 e. The molecule has 2 aromatic heterocycles. The van der Waals surface area contributed by atoms with Gasteiger partial charge in [-0.05, 0) is 39.7 Å². The maximum atomic E-state index is 14.3. The molecule has 1 saturated heterocycles. The molecule has 2 N–H and O–H groups in total. The Morgan fingerprint density at radius 1 is 1.00 bits per heavy atom. The molecule has 0 spiro atoms. The number of hydrogen-bond acceptors (Lipinski definition) is 7. The summed E-state index contributed by atoms with van der Waals surface area (Å²) in [5.74, 6) is -0.864. The Labute approximate surface area is 241 Å². The molecule has 1 aliphatic rings. The molecule has 1 unspecified atom stereocenters. The summed E-state index contributed by atoms with van der Waals surface area (Å²) in [5, 5.41) is 27.7. The van der Waals surface area contributed by atoms with Crippen molar-refractivity contribution in [1.29, 1.82) is 0 Å². The second-order valence-corrected chi connectivity index (χ2v) is 11.6. The highest BCUT2D eigenvalue weighted by atomic mass is 32.1. The van der Waals surface area contributed by atoms with Crippen LogP contribution in [0.5, 0.6) is 0 Å². The van der Waals surface area contributed by atoms with Crippen molar-refractivity contribution in [3.63, 3.8) is 0 Å². The first-order valence-corrected chi connectivity index (χ1v) is 13.3. The standard InChI is InChI=1S/C25H24F9N5O3S/c1-11-6-5-9-39(11)19(40)15-16(43-18(35-15)17-36-37-20(38(17)4)21(2,3)41)13-8-7-12(10-14(13)23(26,27)28)22(42,24(29,30)31)25(32,33)34/h7-8,10-11,41-42H,5-6,9H2,1-4H3. The van der Waals surface area contributed by atoms with E-state index in [2.05, 4.69) is 15.2 Å². The summed E-state index contributed by atoms with van der Waals surface area (Å²) in [6.07, 6.45) is -17.2. The third-order valence-corrected chi connectivity index (χ3v) is 8.15. The highest BCUT2D eigenvalue weighted by Crippen LogP contribution is 2.52. The van der Waals surface area contributed by atoms with Crippen LogP contribution in [0.3, 0.4) is 0 Å². The van der Waals surface area contributed by atoms with Gasteiger partial charge >= 0.3 is 18.5 Å². The number of likely N-dealkylation sites (tertiary alicyclic amines) is 1. The van der Waals surface area contributed by atoms with Crippen LogP contribution in [-0.4, -0.2) is 65.7 Å². The highest BCUT2D eigenvalue weighted by molar-refractivity contribution is 7.18. The van der Waals surface area contributed by atoms with Gasteiger partial charge in [0.15, 0.2) is 16.7 Å². The first-order chi connectivity index (χ1) is 19.5. The fourth-order valence-corrected chi connectivity index (χ4v) is 5.97. The Kier molecular flexibility index (Phi) is 7.92. The number of carbonyl (C=O) groups excluding carboxylic acids is 1. The fraction of sp³-hybridized carbons (Fsp3) is 0.520. The molecule has 1 aliphatic heterocycles. The number of benzene rings is 1. The van der Waals surface area contributed by atoms with Gasteiger partial charge in [-0.2, -0.15) is 39.5 Å². The molecule has 0 bridgehead atoms. The van der Waals surface area contributed by atoms with E-state index in [-0.39, 0.29) is 35.3 Å².